The van der Waals surface area contributed by atoms with Crippen molar-refractivity contribution in [3.05, 3.63) is 47.5 Å². The smallest absolute Gasteiger partial charge is 0.416 e. The molecule has 152 valence electrons. The second-order valence-electron chi connectivity index (χ2n) is 5.33. The number of nitrogens with zero attached hydrogens (tertiary/aromatic N) is 2. The van der Waals surface area contributed by atoms with E-state index in [2.05, 4.69) is 10.5 Å². The van der Waals surface area contributed by atoms with Gasteiger partial charge in [0.1, 0.15) is 6.07 Å². The molecule has 0 aliphatic heterocycles. The fourth-order valence-corrected chi connectivity index (χ4v) is 2.02. The molecular weight excluding hydrogens is 401 g/mol. The average molecular weight is 413 g/mol. The van der Waals surface area contributed by atoms with Crippen molar-refractivity contribution in [3.8, 4) is 23.3 Å². The molecule has 4 N–H and O–H groups in total. The highest BCUT2D eigenvalue weighted by molar-refractivity contribution is 6.45. The fourth-order valence-electron chi connectivity index (χ4n) is 2.02. The second-order valence-corrected chi connectivity index (χ2v) is 5.33. The lowest BCUT2D eigenvalue weighted by atomic mass is 10.2. The molecule has 0 aromatic heterocycles. The van der Waals surface area contributed by atoms with Crippen molar-refractivity contribution in [2.45, 2.75) is 6.18 Å². The minimum absolute atomic E-state index is 0.00491. The first-order chi connectivity index (χ1) is 13.6. The Morgan fingerprint density at radius 3 is 2.28 bits per heavy atom. The van der Waals surface area contributed by atoms with Gasteiger partial charge in [0, 0.05) is 6.07 Å². The van der Waals surface area contributed by atoms with E-state index in [-0.39, 0.29) is 29.3 Å². The van der Waals surface area contributed by atoms with Gasteiger partial charge in [-0.3, -0.25) is 10.8 Å². The third-order valence-corrected chi connectivity index (χ3v) is 3.36. The Balaban J connectivity index is 2.40. The van der Waals surface area contributed by atoms with Crippen LogP contribution in [0.2, 0.25) is 0 Å². The van der Waals surface area contributed by atoms with Gasteiger partial charge in [-0.1, -0.05) is 0 Å². The maximum atomic E-state index is 14.0. The zero-order valence-corrected chi connectivity index (χ0v) is 14.6. The highest BCUT2D eigenvalue weighted by atomic mass is 19.4. The number of hydrogen-bond acceptors (Lipinski definition) is 6. The minimum atomic E-state index is -4.94. The van der Waals surface area contributed by atoms with Crippen LogP contribution in [-0.2, 0) is 6.18 Å². The molecule has 0 heterocycles. The lowest BCUT2D eigenvalue weighted by Gasteiger charge is -2.14. The summed E-state index contributed by atoms with van der Waals surface area (Å²) in [5.74, 6) is -5.06. The Bertz CT molecular complexity index is 991. The Labute approximate surface area is 160 Å². The van der Waals surface area contributed by atoms with Gasteiger partial charge in [0.25, 0.3) is 0 Å². The molecule has 0 radical (unpaired) electrons. The van der Waals surface area contributed by atoms with E-state index >= 15 is 0 Å². The van der Waals surface area contributed by atoms with Crippen LogP contribution in [0.25, 0.3) is 0 Å². The number of benzene rings is 2. The van der Waals surface area contributed by atoms with E-state index in [1.165, 1.54) is 19.2 Å². The Morgan fingerprint density at radius 1 is 1.17 bits per heavy atom. The summed E-state index contributed by atoms with van der Waals surface area (Å²) in [5.41, 5.74) is 5.74. The predicted octanol–water partition coefficient (Wildman–Crippen LogP) is 4.01. The van der Waals surface area contributed by atoms with Crippen LogP contribution in [-0.4, -0.2) is 18.7 Å². The quantitative estimate of drug-likeness (QED) is 0.286. The maximum Gasteiger partial charge on any atom is 0.416 e. The van der Waals surface area contributed by atoms with Crippen molar-refractivity contribution in [3.63, 3.8) is 0 Å². The minimum Gasteiger partial charge on any atom is -0.493 e. The monoisotopic (exact) mass is 413 g/mol. The number of nitrogens with one attached hydrogen (secondary N) is 2. The molecule has 0 unspecified atom stereocenters. The van der Waals surface area contributed by atoms with Crippen LogP contribution in [0.15, 0.2) is 35.4 Å². The number of hydrogen-bond donors (Lipinski definition) is 3. The summed E-state index contributed by atoms with van der Waals surface area (Å²) in [6.45, 7) is 0. The van der Waals surface area contributed by atoms with E-state index in [0.29, 0.717) is 0 Å². The molecule has 2 aromatic carbocycles. The Hall–Kier alpha value is -3.88. The van der Waals surface area contributed by atoms with E-state index in [0.717, 1.165) is 6.07 Å². The highest BCUT2D eigenvalue weighted by Crippen LogP contribution is 2.39. The molecule has 0 spiro atoms. The molecule has 0 amide bonds. The van der Waals surface area contributed by atoms with E-state index in [9.17, 15) is 22.0 Å². The standard InChI is InChI=1S/C17H12F5N5O2/c1-28-13-3-2-9(26-27-12(7-23)16(24)25)6-14(13)29-15-10(18)4-8(5-11(15)19)17(20,21)22/h2-6,26H,1H3,(H3,24,25)/b27-12+. The zero-order valence-electron chi connectivity index (χ0n) is 14.6. The van der Waals surface area contributed by atoms with Gasteiger partial charge in [-0.2, -0.15) is 23.5 Å². The van der Waals surface area contributed by atoms with Gasteiger partial charge in [0.2, 0.25) is 5.71 Å². The molecule has 2 rings (SSSR count). The summed E-state index contributed by atoms with van der Waals surface area (Å²) in [5, 5.41) is 19.5. The highest BCUT2D eigenvalue weighted by Gasteiger charge is 2.33. The molecule has 7 nitrogen and oxygen atoms in total. The number of amidine groups is 1. The SMILES string of the molecule is COc1ccc(N/N=C(\C#N)C(=N)N)cc1Oc1c(F)cc(C(F)(F)F)cc1F. The van der Waals surface area contributed by atoms with Gasteiger partial charge in [0.05, 0.1) is 18.4 Å². The number of hydrazone groups is 1. The lowest BCUT2D eigenvalue weighted by Crippen LogP contribution is -2.21. The predicted molar refractivity (Wildman–Crippen MR) is 93.0 cm³/mol. The molecule has 0 aliphatic carbocycles. The van der Waals surface area contributed by atoms with Gasteiger partial charge in [-0.25, -0.2) is 8.78 Å². The summed E-state index contributed by atoms with van der Waals surface area (Å²) in [6.07, 6.45) is -4.94. The first-order valence-corrected chi connectivity index (χ1v) is 7.57. The van der Waals surface area contributed by atoms with Gasteiger partial charge in [0.15, 0.2) is 34.7 Å². The van der Waals surface area contributed by atoms with Crippen molar-refractivity contribution < 1.29 is 31.4 Å². The van der Waals surface area contributed by atoms with Gasteiger partial charge < -0.3 is 15.2 Å². The van der Waals surface area contributed by atoms with Crippen LogP contribution >= 0.6 is 0 Å². The molecule has 0 bridgehead atoms. The van der Waals surface area contributed by atoms with Crippen LogP contribution < -0.4 is 20.6 Å². The Kier molecular flexibility index (Phi) is 6.22. The second kappa shape index (κ2) is 8.42. The van der Waals surface area contributed by atoms with Crippen molar-refractivity contribution in [1.29, 1.82) is 10.7 Å². The van der Waals surface area contributed by atoms with Crippen LogP contribution in [0.3, 0.4) is 0 Å². The first-order valence-electron chi connectivity index (χ1n) is 7.57. The Morgan fingerprint density at radius 2 is 1.79 bits per heavy atom. The topological polar surface area (TPSA) is 117 Å². The molecule has 0 aliphatic rings. The summed E-state index contributed by atoms with van der Waals surface area (Å²) in [4.78, 5) is 0. The number of halogens is 5. The van der Waals surface area contributed by atoms with Crippen molar-refractivity contribution in [1.82, 2.24) is 0 Å². The molecule has 0 saturated heterocycles. The van der Waals surface area contributed by atoms with E-state index in [4.69, 9.17) is 25.9 Å². The number of nitrogens with two attached hydrogens (primary N) is 1. The van der Waals surface area contributed by atoms with Crippen molar-refractivity contribution in [2.24, 2.45) is 10.8 Å². The molecule has 2 aromatic rings. The number of alkyl halides is 3. The van der Waals surface area contributed by atoms with Crippen LogP contribution in [0.5, 0.6) is 17.2 Å². The van der Waals surface area contributed by atoms with Crippen LogP contribution in [0, 0.1) is 28.4 Å². The van der Waals surface area contributed by atoms with Crippen LogP contribution in [0.1, 0.15) is 5.56 Å². The zero-order chi connectivity index (χ0) is 21.8. The van der Waals surface area contributed by atoms with E-state index < -0.39 is 40.7 Å². The summed E-state index contributed by atoms with van der Waals surface area (Å²) in [6, 6.07) is 5.64. The average Bonchev–Trinajstić information content (AvgIpc) is 2.64. The fraction of sp³-hybridized carbons (Fsp3) is 0.118. The summed E-state index contributed by atoms with van der Waals surface area (Å²) >= 11 is 0. The van der Waals surface area contributed by atoms with Gasteiger partial charge in [-0.15, -0.1) is 0 Å². The first kappa shape index (κ1) is 21.4. The van der Waals surface area contributed by atoms with E-state index in [1.54, 1.807) is 6.07 Å². The van der Waals surface area contributed by atoms with E-state index in [1.807, 2.05) is 0 Å². The summed E-state index contributed by atoms with van der Waals surface area (Å²) < 4.78 is 76.1. The van der Waals surface area contributed by atoms with Crippen molar-refractivity contribution in [2.75, 3.05) is 12.5 Å². The number of nitriles is 1. The maximum absolute atomic E-state index is 14.0. The van der Waals surface area contributed by atoms with Crippen molar-refractivity contribution >= 4 is 17.2 Å². The summed E-state index contributed by atoms with van der Waals surface area (Å²) in [7, 11) is 1.23. The molecule has 0 atom stereocenters. The van der Waals surface area contributed by atoms with Gasteiger partial charge in [-0.05, 0) is 24.3 Å². The molecular formula is C17H12F5N5O2. The largest absolute Gasteiger partial charge is 0.493 e. The molecule has 0 saturated carbocycles. The van der Waals surface area contributed by atoms with Gasteiger partial charge >= 0.3 is 6.18 Å². The van der Waals surface area contributed by atoms with Crippen LogP contribution in [0.4, 0.5) is 27.6 Å². The number of rotatable bonds is 6. The third-order valence-electron chi connectivity index (χ3n) is 3.36. The third kappa shape index (κ3) is 5.10. The lowest BCUT2D eigenvalue weighted by molar-refractivity contribution is -0.138. The molecule has 0 fully saturated rings. The number of methoxy groups -OCH3 is 1. The number of anilines is 1. The molecule has 12 heteroatoms. The number of ether oxygens (including phenoxy) is 2. The molecule has 29 heavy (non-hydrogen) atoms. The normalized spacial score (nSPS) is 11.6.